The molecule has 1 aliphatic carbocycles. The molecule has 0 aromatic rings. The van der Waals surface area contributed by atoms with E-state index in [-0.39, 0.29) is 5.91 Å². The molecule has 0 unspecified atom stereocenters. The Bertz CT molecular complexity index is 132. The van der Waals surface area contributed by atoms with Gasteiger partial charge in [-0.25, -0.2) is 0 Å². The number of amides is 1. The Morgan fingerprint density at radius 3 is 2.40 bits per heavy atom. The van der Waals surface area contributed by atoms with Gasteiger partial charge in [0.1, 0.15) is 0 Å². The minimum atomic E-state index is -0.0337. The smallest absolute Gasteiger partial charge is 0.234 e. The molecule has 1 saturated carbocycles. The maximum atomic E-state index is 10.7. The topological polar surface area (TPSA) is 20.3 Å². The van der Waals surface area contributed by atoms with E-state index in [9.17, 15) is 4.79 Å². The van der Waals surface area contributed by atoms with Crippen molar-refractivity contribution < 1.29 is 4.79 Å². The molecule has 10 heavy (non-hydrogen) atoms. The first-order valence-corrected chi connectivity index (χ1v) is 4.01. The highest BCUT2D eigenvalue weighted by molar-refractivity contribution is 6.21. The Kier molecular flexibility index (Phi) is 2.55. The fourth-order valence-corrected chi connectivity index (χ4v) is 1.58. The van der Waals surface area contributed by atoms with Gasteiger partial charge >= 0.3 is 0 Å². The van der Waals surface area contributed by atoms with Gasteiger partial charge in [-0.15, -0.1) is 0 Å². The number of hydrogen-bond acceptors (Lipinski definition) is 1. The molecule has 0 saturated heterocycles. The van der Waals surface area contributed by atoms with E-state index < -0.39 is 0 Å². The van der Waals surface area contributed by atoms with Crippen LogP contribution in [0.25, 0.3) is 0 Å². The normalized spacial score (nSPS) is 19.4. The lowest BCUT2D eigenvalue weighted by atomic mass is 10.2. The molecular formula is C7H12ClNO. The predicted molar refractivity (Wildman–Crippen MR) is 40.6 cm³/mol. The van der Waals surface area contributed by atoms with Crippen LogP contribution >= 0.6 is 11.8 Å². The first kappa shape index (κ1) is 7.86. The summed E-state index contributed by atoms with van der Waals surface area (Å²) in [4.78, 5) is 10.7. The fourth-order valence-electron chi connectivity index (χ4n) is 1.39. The van der Waals surface area contributed by atoms with Crippen LogP contribution in [0.4, 0.5) is 0 Å². The van der Waals surface area contributed by atoms with Crippen LogP contribution in [0.1, 0.15) is 32.6 Å². The molecule has 0 radical (unpaired) electrons. The van der Waals surface area contributed by atoms with E-state index in [1.54, 1.807) is 0 Å². The summed E-state index contributed by atoms with van der Waals surface area (Å²) >= 11 is 5.71. The minimum absolute atomic E-state index is 0.0337. The van der Waals surface area contributed by atoms with Gasteiger partial charge in [0.15, 0.2) is 0 Å². The Balaban J connectivity index is 2.39. The van der Waals surface area contributed by atoms with Crippen LogP contribution < -0.4 is 0 Å². The zero-order valence-electron chi connectivity index (χ0n) is 6.14. The molecule has 1 fully saturated rings. The van der Waals surface area contributed by atoms with Crippen LogP contribution in [0, 0.1) is 0 Å². The van der Waals surface area contributed by atoms with E-state index in [1.807, 2.05) is 0 Å². The van der Waals surface area contributed by atoms with Crippen molar-refractivity contribution in [3.63, 3.8) is 0 Å². The van der Waals surface area contributed by atoms with Crippen molar-refractivity contribution in [1.29, 1.82) is 0 Å². The van der Waals surface area contributed by atoms with Crippen molar-refractivity contribution in [2.75, 3.05) is 0 Å². The average molecular weight is 162 g/mol. The lowest BCUT2D eigenvalue weighted by molar-refractivity contribution is -0.125. The Labute approximate surface area is 66.3 Å². The third-order valence-electron chi connectivity index (χ3n) is 1.95. The standard InChI is InChI=1S/C7H12ClNO/c1-6(10)9(8)7-4-2-3-5-7/h7H,2-5H2,1H3. The Morgan fingerprint density at radius 1 is 1.50 bits per heavy atom. The van der Waals surface area contributed by atoms with Crippen molar-refractivity contribution in [3.8, 4) is 0 Å². The zero-order chi connectivity index (χ0) is 7.56. The number of rotatable bonds is 1. The molecular weight excluding hydrogens is 150 g/mol. The van der Waals surface area contributed by atoms with Gasteiger partial charge in [0, 0.05) is 24.7 Å². The monoisotopic (exact) mass is 161 g/mol. The van der Waals surface area contributed by atoms with Crippen molar-refractivity contribution >= 4 is 17.7 Å². The van der Waals surface area contributed by atoms with Crippen LogP contribution in [0.15, 0.2) is 0 Å². The summed E-state index contributed by atoms with van der Waals surface area (Å²) < 4.78 is 1.34. The number of halogens is 1. The van der Waals surface area contributed by atoms with Crippen molar-refractivity contribution in [3.05, 3.63) is 0 Å². The fraction of sp³-hybridized carbons (Fsp3) is 0.857. The summed E-state index contributed by atoms with van der Waals surface area (Å²) in [5.74, 6) is -0.0337. The number of carbonyl (C=O) groups is 1. The van der Waals surface area contributed by atoms with Crippen molar-refractivity contribution in [2.45, 2.75) is 38.6 Å². The number of carbonyl (C=O) groups excluding carboxylic acids is 1. The average Bonchev–Trinajstić information content (AvgIpc) is 2.36. The summed E-state index contributed by atoms with van der Waals surface area (Å²) in [5, 5.41) is 0. The summed E-state index contributed by atoms with van der Waals surface area (Å²) in [6.07, 6.45) is 4.56. The molecule has 0 bridgehead atoms. The molecule has 3 heteroatoms. The maximum absolute atomic E-state index is 10.7. The van der Waals surface area contributed by atoms with Gasteiger partial charge in [-0.05, 0) is 12.8 Å². The van der Waals surface area contributed by atoms with E-state index in [0.717, 1.165) is 12.8 Å². The lowest BCUT2D eigenvalue weighted by Gasteiger charge is -2.18. The van der Waals surface area contributed by atoms with Crippen molar-refractivity contribution in [1.82, 2.24) is 4.42 Å². The van der Waals surface area contributed by atoms with E-state index in [0.29, 0.717) is 6.04 Å². The third-order valence-corrected chi connectivity index (χ3v) is 2.46. The molecule has 0 aromatic carbocycles. The molecule has 0 aliphatic heterocycles. The van der Waals surface area contributed by atoms with Gasteiger partial charge in [-0.1, -0.05) is 12.8 Å². The summed E-state index contributed by atoms with van der Waals surface area (Å²) in [6.45, 7) is 1.51. The van der Waals surface area contributed by atoms with Crippen LogP contribution in [-0.4, -0.2) is 16.4 Å². The summed E-state index contributed by atoms with van der Waals surface area (Å²) in [6, 6.07) is 0.305. The zero-order valence-corrected chi connectivity index (χ0v) is 6.90. The quantitative estimate of drug-likeness (QED) is 0.539. The SMILES string of the molecule is CC(=O)N(Cl)C1CCCC1. The van der Waals surface area contributed by atoms with Crippen molar-refractivity contribution in [2.24, 2.45) is 0 Å². The van der Waals surface area contributed by atoms with Gasteiger partial charge in [0.2, 0.25) is 5.91 Å². The van der Waals surface area contributed by atoms with Crippen LogP contribution in [-0.2, 0) is 4.79 Å². The van der Waals surface area contributed by atoms with Gasteiger partial charge in [0.25, 0.3) is 0 Å². The van der Waals surface area contributed by atoms with Crippen LogP contribution in [0.3, 0.4) is 0 Å². The predicted octanol–water partition coefficient (Wildman–Crippen LogP) is 1.93. The van der Waals surface area contributed by atoms with E-state index in [1.165, 1.54) is 24.2 Å². The molecule has 1 rings (SSSR count). The first-order valence-electron chi connectivity index (χ1n) is 3.67. The largest absolute Gasteiger partial charge is 0.274 e. The number of nitrogens with zero attached hydrogens (tertiary/aromatic N) is 1. The summed E-state index contributed by atoms with van der Waals surface area (Å²) in [7, 11) is 0. The Hall–Kier alpha value is -0.240. The molecule has 1 amide bonds. The van der Waals surface area contributed by atoms with Gasteiger partial charge in [-0.2, -0.15) is 0 Å². The molecule has 58 valence electrons. The second-order valence-corrected chi connectivity index (χ2v) is 3.13. The second kappa shape index (κ2) is 3.24. The van der Waals surface area contributed by atoms with Crippen LogP contribution in [0.2, 0.25) is 0 Å². The molecule has 1 aliphatic rings. The first-order chi connectivity index (χ1) is 4.72. The molecule has 0 spiro atoms. The van der Waals surface area contributed by atoms with Crippen LogP contribution in [0.5, 0.6) is 0 Å². The second-order valence-electron chi connectivity index (χ2n) is 2.77. The molecule has 2 nitrogen and oxygen atoms in total. The molecule has 0 atom stereocenters. The molecule has 0 N–H and O–H groups in total. The van der Waals surface area contributed by atoms with E-state index in [4.69, 9.17) is 11.8 Å². The van der Waals surface area contributed by atoms with Gasteiger partial charge < -0.3 is 0 Å². The Morgan fingerprint density at radius 2 is 2.00 bits per heavy atom. The van der Waals surface area contributed by atoms with E-state index in [2.05, 4.69) is 0 Å². The third kappa shape index (κ3) is 1.63. The lowest BCUT2D eigenvalue weighted by Crippen LogP contribution is -2.28. The highest BCUT2D eigenvalue weighted by Crippen LogP contribution is 2.24. The maximum Gasteiger partial charge on any atom is 0.234 e. The minimum Gasteiger partial charge on any atom is -0.274 e. The van der Waals surface area contributed by atoms with Gasteiger partial charge in [-0.3, -0.25) is 9.21 Å². The molecule has 0 aromatic heterocycles. The molecule has 0 heterocycles. The highest BCUT2D eigenvalue weighted by atomic mass is 35.5. The van der Waals surface area contributed by atoms with Gasteiger partial charge in [0.05, 0.1) is 0 Å². The van der Waals surface area contributed by atoms with E-state index >= 15 is 0 Å². The number of hydrogen-bond donors (Lipinski definition) is 0. The summed E-state index contributed by atoms with van der Waals surface area (Å²) in [5.41, 5.74) is 0. The highest BCUT2D eigenvalue weighted by Gasteiger charge is 2.22.